The quantitative estimate of drug-likeness (QED) is 0.117. The molecule has 2 saturated heterocycles. The maximum absolute atomic E-state index is 13.8. The van der Waals surface area contributed by atoms with E-state index in [9.17, 15) is 33.9 Å². The Balaban J connectivity index is 0.995. The SMILES string of the molecule is CC(C)(C)OC(=O)CCC(CO)NC(=O)c1cccc(CNC(=O)C2=CC3OC(C4CC4)(C4CC4)OC3C(OC(=O)c3cccc(C=CC(=O)OC4C(=O)OCC4(C)C)c3)C2)c1. The van der Waals surface area contributed by atoms with Crippen molar-refractivity contribution in [3.05, 3.63) is 88.5 Å². The summed E-state index contributed by atoms with van der Waals surface area (Å²) in [6, 6.07) is 12.6. The highest BCUT2D eigenvalue weighted by Crippen LogP contribution is 2.59. The molecule has 2 aromatic carbocycles. The average Bonchev–Trinajstić information content (AvgIpc) is 4.18. The molecular weight excluding hydrogens is 801 g/mol. The molecule has 2 amide bonds. The van der Waals surface area contributed by atoms with Crippen molar-refractivity contribution in [1.29, 1.82) is 0 Å². The number of aliphatic hydroxyl groups excluding tert-OH is 1. The maximum atomic E-state index is 13.8. The Bertz CT molecular complexity index is 2120. The van der Waals surface area contributed by atoms with E-state index >= 15 is 0 Å². The highest BCUT2D eigenvalue weighted by atomic mass is 16.8. The molecule has 15 heteroatoms. The van der Waals surface area contributed by atoms with Crippen LogP contribution in [0.4, 0.5) is 0 Å². The van der Waals surface area contributed by atoms with Crippen LogP contribution in [0.15, 0.2) is 66.3 Å². The number of hydrogen-bond donors (Lipinski definition) is 3. The molecule has 332 valence electrons. The van der Waals surface area contributed by atoms with Crippen LogP contribution in [0.5, 0.6) is 0 Å². The molecule has 15 nitrogen and oxygen atoms in total. The molecule has 5 aliphatic rings. The fourth-order valence-corrected chi connectivity index (χ4v) is 8.08. The van der Waals surface area contributed by atoms with Gasteiger partial charge in [-0.25, -0.2) is 14.4 Å². The number of benzene rings is 2. The van der Waals surface area contributed by atoms with Crippen molar-refractivity contribution in [2.24, 2.45) is 17.3 Å². The molecule has 2 saturated carbocycles. The highest BCUT2D eigenvalue weighted by Gasteiger charge is 2.64. The number of cyclic esters (lactones) is 1. The Morgan fingerprint density at radius 3 is 2.31 bits per heavy atom. The summed E-state index contributed by atoms with van der Waals surface area (Å²) in [6.45, 7) is 8.71. The van der Waals surface area contributed by atoms with Crippen LogP contribution in [-0.2, 0) is 54.1 Å². The first-order valence-electron chi connectivity index (χ1n) is 21.4. The lowest BCUT2D eigenvalue weighted by Crippen LogP contribution is -2.44. The molecule has 3 aliphatic carbocycles. The second kappa shape index (κ2) is 18.1. The number of hydrogen-bond acceptors (Lipinski definition) is 13. The molecule has 3 N–H and O–H groups in total. The van der Waals surface area contributed by atoms with Gasteiger partial charge in [0.2, 0.25) is 12.0 Å². The number of fused-ring (bicyclic) bond motifs is 1. The number of esters is 4. The van der Waals surface area contributed by atoms with Gasteiger partial charge < -0.3 is 44.2 Å². The second-order valence-electron chi connectivity index (χ2n) is 18.5. The first kappa shape index (κ1) is 44.7. The molecule has 0 spiro atoms. The summed E-state index contributed by atoms with van der Waals surface area (Å²) in [5, 5.41) is 15.6. The van der Waals surface area contributed by atoms with Crippen LogP contribution in [0.2, 0.25) is 0 Å². The average molecular weight is 857 g/mol. The monoisotopic (exact) mass is 856 g/mol. The molecule has 7 rings (SSSR count). The Morgan fingerprint density at radius 1 is 0.935 bits per heavy atom. The lowest BCUT2D eigenvalue weighted by molar-refractivity contribution is -0.209. The van der Waals surface area contributed by atoms with Gasteiger partial charge >= 0.3 is 23.9 Å². The maximum Gasteiger partial charge on any atom is 0.348 e. The number of rotatable bonds is 16. The summed E-state index contributed by atoms with van der Waals surface area (Å²) in [4.78, 5) is 77.6. The van der Waals surface area contributed by atoms with E-state index in [1.807, 2.05) is 0 Å². The zero-order valence-corrected chi connectivity index (χ0v) is 35.8. The molecule has 5 unspecified atom stereocenters. The van der Waals surface area contributed by atoms with Crippen molar-refractivity contribution in [3.8, 4) is 0 Å². The molecule has 62 heavy (non-hydrogen) atoms. The third kappa shape index (κ3) is 10.8. The third-order valence-corrected chi connectivity index (χ3v) is 11.6. The van der Waals surface area contributed by atoms with Crippen LogP contribution in [0.1, 0.15) is 111 Å². The van der Waals surface area contributed by atoms with Gasteiger partial charge in [-0.15, -0.1) is 0 Å². The molecule has 2 heterocycles. The van der Waals surface area contributed by atoms with E-state index in [0.717, 1.165) is 25.7 Å². The van der Waals surface area contributed by atoms with Crippen LogP contribution in [-0.4, -0.2) is 95.9 Å². The van der Waals surface area contributed by atoms with Crippen LogP contribution in [0.3, 0.4) is 0 Å². The number of carbonyl (C=O) groups is 6. The van der Waals surface area contributed by atoms with E-state index in [4.69, 9.17) is 28.4 Å². The minimum Gasteiger partial charge on any atom is -0.462 e. The number of carbonyl (C=O) groups excluding carboxylic acids is 6. The minimum absolute atomic E-state index is 0.0254. The standard InChI is InChI=1S/C47H56N2O13/c1-45(2,3)61-38(52)19-17-34(25-50)49-42(54)29-10-7-9-28(21-29)24-48-41(53)31-22-35(39-36(23-31)60-47(62-39,32-13-14-32)33-15-16-33)58-43(55)30-11-6-8-27(20-30)12-18-37(51)59-40-44(56)57-26-46(40,4)5/h6-12,18,20-21,23,32-36,39-40,50H,13-17,19,22,24-26H2,1-5H3,(H,48,53)(H,49,54). The zero-order valence-electron chi connectivity index (χ0n) is 35.8. The van der Waals surface area contributed by atoms with Crippen LogP contribution in [0.25, 0.3) is 6.08 Å². The van der Waals surface area contributed by atoms with Gasteiger partial charge in [0.1, 0.15) is 30.5 Å². The molecule has 2 aliphatic heterocycles. The van der Waals surface area contributed by atoms with Crippen molar-refractivity contribution >= 4 is 41.8 Å². The van der Waals surface area contributed by atoms with Gasteiger partial charge in [-0.1, -0.05) is 38.1 Å². The lowest BCUT2D eigenvalue weighted by Gasteiger charge is -2.31. The van der Waals surface area contributed by atoms with E-state index in [0.29, 0.717) is 22.3 Å². The van der Waals surface area contributed by atoms with Gasteiger partial charge in [-0.2, -0.15) is 0 Å². The van der Waals surface area contributed by atoms with E-state index < -0.39 is 83.0 Å². The van der Waals surface area contributed by atoms with E-state index in [2.05, 4.69) is 10.6 Å². The lowest BCUT2D eigenvalue weighted by atomic mass is 9.90. The first-order valence-corrected chi connectivity index (χ1v) is 21.4. The van der Waals surface area contributed by atoms with Crippen molar-refractivity contribution in [2.45, 2.75) is 128 Å². The molecule has 0 radical (unpaired) electrons. The number of amides is 2. The van der Waals surface area contributed by atoms with Crippen LogP contribution in [0, 0.1) is 17.3 Å². The predicted octanol–water partition coefficient (Wildman–Crippen LogP) is 4.88. The molecule has 5 atom stereocenters. The molecule has 4 fully saturated rings. The van der Waals surface area contributed by atoms with Gasteiger partial charge in [0.25, 0.3) is 5.91 Å². The smallest absolute Gasteiger partial charge is 0.348 e. The summed E-state index contributed by atoms with van der Waals surface area (Å²) in [5.74, 6) is -3.58. The zero-order chi connectivity index (χ0) is 44.4. The van der Waals surface area contributed by atoms with Gasteiger partial charge in [0.15, 0.2) is 5.79 Å². The summed E-state index contributed by atoms with van der Waals surface area (Å²) in [5.41, 5.74) is 0.748. The van der Waals surface area contributed by atoms with Crippen LogP contribution < -0.4 is 10.6 Å². The Kier molecular flexibility index (Phi) is 13.1. The first-order chi connectivity index (χ1) is 29.4. The number of nitrogens with one attached hydrogen (secondary N) is 2. The Hall–Kier alpha value is -5.38. The number of aliphatic hydroxyl groups is 1. The second-order valence-corrected chi connectivity index (χ2v) is 18.5. The third-order valence-electron chi connectivity index (χ3n) is 11.6. The number of ether oxygens (including phenoxy) is 6. The fraction of sp³-hybridized carbons (Fsp3) is 0.532. The summed E-state index contributed by atoms with van der Waals surface area (Å²) in [7, 11) is 0. The van der Waals surface area contributed by atoms with Crippen molar-refractivity contribution < 1.29 is 62.3 Å². The van der Waals surface area contributed by atoms with E-state index in [1.54, 1.807) is 89.2 Å². The molecule has 0 aromatic heterocycles. The van der Waals surface area contributed by atoms with Crippen molar-refractivity contribution in [1.82, 2.24) is 10.6 Å². The minimum atomic E-state index is -1.03. The van der Waals surface area contributed by atoms with Gasteiger partial charge in [-0.3, -0.25) is 14.4 Å². The summed E-state index contributed by atoms with van der Waals surface area (Å²) in [6.07, 6.45) is 5.44. The van der Waals surface area contributed by atoms with Gasteiger partial charge in [0.05, 0.1) is 18.2 Å². The van der Waals surface area contributed by atoms with Gasteiger partial charge in [-0.05, 0) is 100 Å². The van der Waals surface area contributed by atoms with E-state index in [-0.39, 0.29) is 56.4 Å². The predicted molar refractivity (Wildman–Crippen MR) is 222 cm³/mol. The molecular formula is C47H56N2O13. The normalized spacial score (nSPS) is 24.3. The van der Waals surface area contributed by atoms with E-state index in [1.165, 1.54) is 12.2 Å². The fourth-order valence-electron chi connectivity index (χ4n) is 8.08. The van der Waals surface area contributed by atoms with Crippen molar-refractivity contribution in [2.75, 3.05) is 13.2 Å². The Morgan fingerprint density at radius 2 is 1.65 bits per heavy atom. The topological polar surface area (TPSA) is 202 Å². The molecule has 2 aromatic rings. The Labute approximate surface area is 360 Å². The highest BCUT2D eigenvalue weighted by molar-refractivity contribution is 5.96. The van der Waals surface area contributed by atoms with Gasteiger partial charge in [0, 0.05) is 53.8 Å². The largest absolute Gasteiger partial charge is 0.462 e. The van der Waals surface area contributed by atoms with Crippen LogP contribution >= 0.6 is 0 Å². The van der Waals surface area contributed by atoms with Crippen molar-refractivity contribution in [3.63, 3.8) is 0 Å². The molecule has 0 bridgehead atoms. The summed E-state index contributed by atoms with van der Waals surface area (Å²) >= 11 is 0. The summed E-state index contributed by atoms with van der Waals surface area (Å²) < 4.78 is 35.3.